The summed E-state index contributed by atoms with van der Waals surface area (Å²) in [7, 11) is 0. The first-order valence-electron chi connectivity index (χ1n) is 6.82. The van der Waals surface area contributed by atoms with Gasteiger partial charge < -0.3 is 5.32 Å². The van der Waals surface area contributed by atoms with Crippen molar-refractivity contribution in [3.8, 4) is 0 Å². The Labute approximate surface area is 112 Å². The summed E-state index contributed by atoms with van der Waals surface area (Å²) in [6, 6.07) is 0.331. The third-order valence-corrected chi connectivity index (χ3v) is 4.29. The standard InChI is InChI=1S/C13H21N3OS/c1-3-5-11-12(18-16-15-11)13(17)14-10-7-4-6-9(2)8-10/h9-10H,3-8H2,1-2H3,(H,14,17). The Morgan fingerprint density at radius 1 is 1.50 bits per heavy atom. The summed E-state index contributed by atoms with van der Waals surface area (Å²) >= 11 is 1.21. The highest BCUT2D eigenvalue weighted by atomic mass is 32.1. The van der Waals surface area contributed by atoms with Crippen LogP contribution in [-0.2, 0) is 6.42 Å². The van der Waals surface area contributed by atoms with Crippen molar-refractivity contribution in [2.45, 2.75) is 58.4 Å². The van der Waals surface area contributed by atoms with Gasteiger partial charge in [0.25, 0.3) is 5.91 Å². The third-order valence-electron chi connectivity index (χ3n) is 3.52. The Morgan fingerprint density at radius 2 is 2.33 bits per heavy atom. The number of aromatic nitrogens is 2. The van der Waals surface area contributed by atoms with E-state index in [1.54, 1.807) is 0 Å². The fraction of sp³-hybridized carbons (Fsp3) is 0.769. The molecule has 0 aromatic carbocycles. The van der Waals surface area contributed by atoms with Gasteiger partial charge in [-0.25, -0.2) is 0 Å². The summed E-state index contributed by atoms with van der Waals surface area (Å²) in [5.41, 5.74) is 0.851. The first-order chi connectivity index (χ1) is 8.70. The number of nitrogens with one attached hydrogen (secondary N) is 1. The number of aryl methyl sites for hydroxylation is 1. The molecule has 1 heterocycles. The summed E-state index contributed by atoms with van der Waals surface area (Å²) < 4.78 is 3.90. The lowest BCUT2D eigenvalue weighted by Gasteiger charge is -2.27. The van der Waals surface area contributed by atoms with Crippen LogP contribution >= 0.6 is 11.5 Å². The molecule has 1 aromatic heterocycles. The van der Waals surface area contributed by atoms with E-state index in [9.17, 15) is 4.79 Å². The smallest absolute Gasteiger partial charge is 0.265 e. The van der Waals surface area contributed by atoms with Gasteiger partial charge in [-0.2, -0.15) is 0 Å². The van der Waals surface area contributed by atoms with Gasteiger partial charge in [0.05, 0.1) is 5.69 Å². The van der Waals surface area contributed by atoms with Crippen molar-refractivity contribution >= 4 is 17.4 Å². The SMILES string of the molecule is CCCc1nnsc1C(=O)NC1CCCC(C)C1. The van der Waals surface area contributed by atoms with Gasteiger partial charge in [-0.15, -0.1) is 5.10 Å². The van der Waals surface area contributed by atoms with Crippen molar-refractivity contribution in [3.05, 3.63) is 10.6 Å². The minimum atomic E-state index is 0.0209. The van der Waals surface area contributed by atoms with Crippen LogP contribution in [0.3, 0.4) is 0 Å². The summed E-state index contributed by atoms with van der Waals surface area (Å²) in [5.74, 6) is 0.742. The van der Waals surface area contributed by atoms with E-state index in [1.807, 2.05) is 0 Å². The van der Waals surface area contributed by atoms with Crippen molar-refractivity contribution in [3.63, 3.8) is 0 Å². The van der Waals surface area contributed by atoms with Crippen molar-refractivity contribution < 1.29 is 4.79 Å². The number of hydrogen-bond acceptors (Lipinski definition) is 4. The largest absolute Gasteiger partial charge is 0.348 e. The van der Waals surface area contributed by atoms with Crippen molar-refractivity contribution in [2.24, 2.45) is 5.92 Å². The maximum Gasteiger partial charge on any atom is 0.265 e. The van der Waals surface area contributed by atoms with Gasteiger partial charge in [0.2, 0.25) is 0 Å². The molecule has 0 spiro atoms. The molecule has 1 N–H and O–H groups in total. The molecule has 2 rings (SSSR count). The molecule has 18 heavy (non-hydrogen) atoms. The van der Waals surface area contributed by atoms with E-state index in [0.29, 0.717) is 10.9 Å². The van der Waals surface area contributed by atoms with E-state index in [1.165, 1.54) is 24.4 Å². The molecule has 100 valence electrons. The summed E-state index contributed by atoms with van der Waals surface area (Å²) in [6.07, 6.45) is 6.53. The number of nitrogens with zero attached hydrogens (tertiary/aromatic N) is 2. The molecular formula is C13H21N3OS. The number of carbonyl (C=O) groups is 1. The minimum Gasteiger partial charge on any atom is -0.348 e. The van der Waals surface area contributed by atoms with Crippen LogP contribution in [0.4, 0.5) is 0 Å². The zero-order valence-electron chi connectivity index (χ0n) is 11.1. The Balaban J connectivity index is 1.96. The molecule has 1 aliphatic carbocycles. The molecule has 0 aliphatic heterocycles. The normalized spacial score (nSPS) is 23.9. The molecule has 1 aliphatic rings. The van der Waals surface area contributed by atoms with Gasteiger partial charge in [0, 0.05) is 6.04 Å². The van der Waals surface area contributed by atoms with Crippen LogP contribution in [0, 0.1) is 5.92 Å². The molecule has 4 nitrogen and oxygen atoms in total. The van der Waals surface area contributed by atoms with E-state index >= 15 is 0 Å². The fourth-order valence-corrected chi connectivity index (χ4v) is 3.21. The van der Waals surface area contributed by atoms with Crippen molar-refractivity contribution in [2.75, 3.05) is 0 Å². The molecule has 1 aromatic rings. The van der Waals surface area contributed by atoms with E-state index in [-0.39, 0.29) is 5.91 Å². The monoisotopic (exact) mass is 267 g/mol. The Hall–Kier alpha value is -0.970. The first kappa shape index (κ1) is 13.5. The lowest BCUT2D eigenvalue weighted by atomic mass is 9.87. The van der Waals surface area contributed by atoms with Gasteiger partial charge in [-0.05, 0) is 36.7 Å². The number of carbonyl (C=O) groups excluding carboxylic acids is 1. The molecule has 2 atom stereocenters. The van der Waals surface area contributed by atoms with Crippen LogP contribution in [0.5, 0.6) is 0 Å². The Kier molecular flexibility index (Phi) is 4.69. The molecular weight excluding hydrogens is 246 g/mol. The molecule has 5 heteroatoms. The zero-order chi connectivity index (χ0) is 13.0. The lowest BCUT2D eigenvalue weighted by Crippen LogP contribution is -2.38. The summed E-state index contributed by atoms with van der Waals surface area (Å²) in [6.45, 7) is 4.35. The van der Waals surface area contributed by atoms with Gasteiger partial charge in [-0.1, -0.05) is 37.6 Å². The second-order valence-electron chi connectivity index (χ2n) is 5.24. The van der Waals surface area contributed by atoms with E-state index in [2.05, 4.69) is 28.8 Å². The highest BCUT2D eigenvalue weighted by Gasteiger charge is 2.23. The third kappa shape index (κ3) is 3.28. The van der Waals surface area contributed by atoms with E-state index in [4.69, 9.17) is 0 Å². The van der Waals surface area contributed by atoms with Gasteiger partial charge in [0.15, 0.2) is 0 Å². The lowest BCUT2D eigenvalue weighted by molar-refractivity contribution is 0.0924. The minimum absolute atomic E-state index is 0.0209. The van der Waals surface area contributed by atoms with Gasteiger partial charge >= 0.3 is 0 Å². The first-order valence-corrected chi connectivity index (χ1v) is 7.60. The van der Waals surface area contributed by atoms with Crippen molar-refractivity contribution in [1.82, 2.24) is 14.9 Å². The molecule has 0 radical (unpaired) electrons. The van der Waals surface area contributed by atoms with Crippen molar-refractivity contribution in [1.29, 1.82) is 0 Å². The van der Waals surface area contributed by atoms with Gasteiger partial charge in [0.1, 0.15) is 4.88 Å². The highest BCUT2D eigenvalue weighted by molar-refractivity contribution is 7.08. The number of rotatable bonds is 4. The highest BCUT2D eigenvalue weighted by Crippen LogP contribution is 2.24. The van der Waals surface area contributed by atoms with Crippen LogP contribution in [-0.4, -0.2) is 21.5 Å². The predicted molar refractivity (Wildman–Crippen MR) is 72.8 cm³/mol. The topological polar surface area (TPSA) is 54.9 Å². The second-order valence-corrected chi connectivity index (χ2v) is 6.00. The molecule has 0 bridgehead atoms. The average Bonchev–Trinajstić information content (AvgIpc) is 2.78. The number of amides is 1. The van der Waals surface area contributed by atoms with Crippen LogP contribution < -0.4 is 5.32 Å². The zero-order valence-corrected chi connectivity index (χ0v) is 11.9. The summed E-state index contributed by atoms with van der Waals surface area (Å²) in [5, 5.41) is 7.18. The molecule has 1 saturated carbocycles. The van der Waals surface area contributed by atoms with Crippen LogP contribution in [0.25, 0.3) is 0 Å². The fourth-order valence-electron chi connectivity index (χ4n) is 2.60. The average molecular weight is 267 g/mol. The van der Waals surface area contributed by atoms with Crippen LogP contribution in [0.15, 0.2) is 0 Å². The van der Waals surface area contributed by atoms with E-state index in [0.717, 1.165) is 37.3 Å². The molecule has 1 fully saturated rings. The molecule has 1 amide bonds. The summed E-state index contributed by atoms with van der Waals surface area (Å²) in [4.78, 5) is 12.9. The van der Waals surface area contributed by atoms with Gasteiger partial charge in [-0.3, -0.25) is 4.79 Å². The van der Waals surface area contributed by atoms with Crippen LogP contribution in [0.2, 0.25) is 0 Å². The number of hydrogen-bond donors (Lipinski definition) is 1. The predicted octanol–water partition coefficient (Wildman–Crippen LogP) is 2.80. The maximum atomic E-state index is 12.2. The molecule has 2 unspecified atom stereocenters. The quantitative estimate of drug-likeness (QED) is 0.912. The second kappa shape index (κ2) is 6.27. The molecule has 0 saturated heterocycles. The maximum absolute atomic E-state index is 12.2. The van der Waals surface area contributed by atoms with Crippen LogP contribution in [0.1, 0.15) is 61.3 Å². The van der Waals surface area contributed by atoms with E-state index < -0.39 is 0 Å². The Bertz CT molecular complexity index is 405. The Morgan fingerprint density at radius 3 is 3.06 bits per heavy atom.